The van der Waals surface area contributed by atoms with E-state index in [1.807, 2.05) is 0 Å². The summed E-state index contributed by atoms with van der Waals surface area (Å²) in [6.45, 7) is 0. The second-order valence-electron chi connectivity index (χ2n) is 5.02. The number of hydrogen-bond acceptors (Lipinski definition) is 4. The number of nitro benzene ring substituents is 1. The predicted octanol–water partition coefficient (Wildman–Crippen LogP) is 2.19. The number of halogens is 1. The highest BCUT2D eigenvalue weighted by Crippen LogP contribution is 2.26. The van der Waals surface area contributed by atoms with Crippen LogP contribution in [0.5, 0.6) is 0 Å². The maximum atomic E-state index is 13.2. The fraction of sp³-hybridized carbons (Fsp3) is 0.462. The summed E-state index contributed by atoms with van der Waals surface area (Å²) in [7, 11) is 0. The lowest BCUT2D eigenvalue weighted by Crippen LogP contribution is -2.32. The van der Waals surface area contributed by atoms with Crippen molar-refractivity contribution in [1.82, 2.24) is 0 Å². The molecule has 1 amide bonds. The predicted molar refractivity (Wildman–Crippen MR) is 71.6 cm³/mol. The van der Waals surface area contributed by atoms with Crippen molar-refractivity contribution in [1.29, 1.82) is 0 Å². The third kappa shape index (κ3) is 3.30. The number of anilines is 1. The van der Waals surface area contributed by atoms with Crippen LogP contribution in [0.15, 0.2) is 18.2 Å². The van der Waals surface area contributed by atoms with Crippen LogP contribution in [0, 0.1) is 21.8 Å². The van der Waals surface area contributed by atoms with Crippen LogP contribution in [0.1, 0.15) is 25.7 Å². The molecule has 20 heavy (non-hydrogen) atoms. The van der Waals surface area contributed by atoms with Crippen LogP contribution in [0.3, 0.4) is 0 Å². The van der Waals surface area contributed by atoms with Gasteiger partial charge in [-0.1, -0.05) is 0 Å². The van der Waals surface area contributed by atoms with Gasteiger partial charge in [0.15, 0.2) is 0 Å². The van der Waals surface area contributed by atoms with Crippen LogP contribution in [0.2, 0.25) is 0 Å². The summed E-state index contributed by atoms with van der Waals surface area (Å²) in [5.41, 5.74) is 5.36. The van der Waals surface area contributed by atoms with Gasteiger partial charge in [-0.3, -0.25) is 14.9 Å². The summed E-state index contributed by atoms with van der Waals surface area (Å²) in [5.74, 6) is -1.26. The second-order valence-corrected chi connectivity index (χ2v) is 5.02. The maximum Gasteiger partial charge on any atom is 0.306 e. The van der Waals surface area contributed by atoms with E-state index in [-0.39, 0.29) is 23.6 Å². The molecule has 1 saturated carbocycles. The first-order chi connectivity index (χ1) is 9.47. The van der Waals surface area contributed by atoms with Crippen LogP contribution in [-0.4, -0.2) is 16.9 Å². The van der Waals surface area contributed by atoms with Gasteiger partial charge in [-0.25, -0.2) is 0 Å². The van der Waals surface area contributed by atoms with Crippen molar-refractivity contribution in [3.05, 3.63) is 34.1 Å². The number of rotatable bonds is 3. The summed E-state index contributed by atoms with van der Waals surface area (Å²) in [6.07, 6.45) is 3.00. The highest BCUT2D eigenvalue weighted by Gasteiger charge is 2.25. The fourth-order valence-electron chi connectivity index (χ4n) is 2.36. The molecule has 0 spiro atoms. The molecule has 6 nitrogen and oxygen atoms in total. The van der Waals surface area contributed by atoms with E-state index in [0.717, 1.165) is 25.0 Å². The lowest BCUT2D eigenvalue weighted by molar-refractivity contribution is -0.387. The molecule has 7 heteroatoms. The molecule has 3 N–H and O–H groups in total. The van der Waals surface area contributed by atoms with Crippen molar-refractivity contribution < 1.29 is 14.1 Å². The Morgan fingerprint density at radius 2 is 2.00 bits per heavy atom. The van der Waals surface area contributed by atoms with Gasteiger partial charge in [0.25, 0.3) is 0 Å². The molecule has 1 aromatic rings. The van der Waals surface area contributed by atoms with Crippen LogP contribution in [0.4, 0.5) is 15.8 Å². The molecule has 108 valence electrons. The molecule has 0 unspecified atom stereocenters. The van der Waals surface area contributed by atoms with E-state index in [2.05, 4.69) is 5.32 Å². The topological polar surface area (TPSA) is 98.3 Å². The minimum absolute atomic E-state index is 0.140. The minimum atomic E-state index is -0.920. The number of nitrogens with zero attached hydrogens (tertiary/aromatic N) is 1. The lowest BCUT2D eigenvalue weighted by atomic mass is 9.86. The van der Waals surface area contributed by atoms with Crippen LogP contribution < -0.4 is 11.1 Å². The van der Waals surface area contributed by atoms with E-state index in [9.17, 15) is 19.3 Å². The monoisotopic (exact) mass is 281 g/mol. The lowest BCUT2D eigenvalue weighted by Gasteiger charge is -2.25. The van der Waals surface area contributed by atoms with Gasteiger partial charge in [-0.15, -0.1) is 0 Å². The second kappa shape index (κ2) is 5.96. The average Bonchev–Trinajstić information content (AvgIpc) is 2.41. The van der Waals surface area contributed by atoms with Crippen molar-refractivity contribution in [3.8, 4) is 0 Å². The first-order valence-electron chi connectivity index (χ1n) is 6.47. The van der Waals surface area contributed by atoms with E-state index >= 15 is 0 Å². The number of amides is 1. The zero-order valence-electron chi connectivity index (χ0n) is 10.8. The van der Waals surface area contributed by atoms with Crippen LogP contribution in [-0.2, 0) is 4.79 Å². The first kappa shape index (κ1) is 14.4. The van der Waals surface area contributed by atoms with Crippen molar-refractivity contribution in [3.63, 3.8) is 0 Å². The Morgan fingerprint density at radius 1 is 1.35 bits per heavy atom. The largest absolute Gasteiger partial charge is 0.328 e. The molecule has 0 aliphatic heterocycles. The standard InChI is InChI=1S/C13H16FN3O3/c14-11-6-5-10(7-12(11)17(19)20)16-13(18)8-1-3-9(15)4-2-8/h5-9H,1-4,15H2,(H,16,18). The zero-order valence-corrected chi connectivity index (χ0v) is 10.8. The third-order valence-corrected chi connectivity index (χ3v) is 3.55. The summed E-state index contributed by atoms with van der Waals surface area (Å²) < 4.78 is 13.2. The van der Waals surface area contributed by atoms with Gasteiger partial charge in [0.2, 0.25) is 11.7 Å². The zero-order chi connectivity index (χ0) is 14.7. The number of benzene rings is 1. The molecule has 1 aliphatic carbocycles. The Morgan fingerprint density at radius 3 is 2.60 bits per heavy atom. The molecule has 0 radical (unpaired) electrons. The maximum absolute atomic E-state index is 13.2. The molecule has 0 bridgehead atoms. The normalized spacial score (nSPS) is 22.3. The molecule has 0 saturated heterocycles. The smallest absolute Gasteiger partial charge is 0.306 e. The number of carbonyl (C=O) groups excluding carboxylic acids is 1. The van der Waals surface area contributed by atoms with Crippen LogP contribution >= 0.6 is 0 Å². The van der Waals surface area contributed by atoms with Gasteiger partial charge in [0.1, 0.15) is 0 Å². The Balaban J connectivity index is 2.04. The quantitative estimate of drug-likeness (QED) is 0.655. The molecule has 1 fully saturated rings. The SMILES string of the molecule is NC1CCC(C(=O)Nc2ccc(F)c([N+](=O)[O-])c2)CC1. The van der Waals surface area contributed by atoms with Gasteiger partial charge in [-0.2, -0.15) is 4.39 Å². The van der Waals surface area contributed by atoms with E-state index in [4.69, 9.17) is 5.73 Å². The van der Waals surface area contributed by atoms with E-state index in [1.54, 1.807) is 0 Å². The van der Waals surface area contributed by atoms with E-state index < -0.39 is 16.4 Å². The van der Waals surface area contributed by atoms with Gasteiger partial charge in [0.05, 0.1) is 4.92 Å². The molecule has 2 rings (SSSR count). The number of carbonyl (C=O) groups is 1. The molecule has 0 heterocycles. The van der Waals surface area contributed by atoms with Gasteiger partial charge in [-0.05, 0) is 37.8 Å². The Bertz CT molecular complexity index is 528. The van der Waals surface area contributed by atoms with Gasteiger partial charge in [0, 0.05) is 23.7 Å². The summed E-state index contributed by atoms with van der Waals surface area (Å²) in [6, 6.07) is 3.46. The van der Waals surface area contributed by atoms with Crippen molar-refractivity contribution in [2.24, 2.45) is 11.7 Å². The fourth-order valence-corrected chi connectivity index (χ4v) is 2.36. The summed E-state index contributed by atoms with van der Waals surface area (Å²) in [4.78, 5) is 21.8. The number of nitro groups is 1. The van der Waals surface area contributed by atoms with E-state index in [0.29, 0.717) is 12.8 Å². The molecule has 0 atom stereocenters. The molecular formula is C13H16FN3O3. The third-order valence-electron chi connectivity index (χ3n) is 3.55. The van der Waals surface area contributed by atoms with Crippen LogP contribution in [0.25, 0.3) is 0 Å². The average molecular weight is 281 g/mol. The number of nitrogens with one attached hydrogen (secondary N) is 1. The molecular weight excluding hydrogens is 265 g/mol. The Labute approximate surface area is 115 Å². The van der Waals surface area contributed by atoms with Crippen molar-refractivity contribution in [2.45, 2.75) is 31.7 Å². The molecule has 0 aromatic heterocycles. The van der Waals surface area contributed by atoms with Gasteiger partial charge >= 0.3 is 5.69 Å². The van der Waals surface area contributed by atoms with Crippen molar-refractivity contribution in [2.75, 3.05) is 5.32 Å². The summed E-state index contributed by atoms with van der Waals surface area (Å²) in [5, 5.41) is 13.2. The van der Waals surface area contributed by atoms with E-state index in [1.165, 1.54) is 6.07 Å². The number of hydrogen-bond donors (Lipinski definition) is 2. The highest BCUT2D eigenvalue weighted by molar-refractivity contribution is 5.92. The molecule has 1 aromatic carbocycles. The number of nitrogens with two attached hydrogens (primary N) is 1. The minimum Gasteiger partial charge on any atom is -0.328 e. The Hall–Kier alpha value is -2.02. The first-order valence-corrected chi connectivity index (χ1v) is 6.47. The highest BCUT2D eigenvalue weighted by atomic mass is 19.1. The summed E-state index contributed by atoms with van der Waals surface area (Å²) >= 11 is 0. The van der Waals surface area contributed by atoms with Crippen molar-refractivity contribution >= 4 is 17.3 Å². The van der Waals surface area contributed by atoms with Gasteiger partial charge < -0.3 is 11.1 Å². The molecule has 1 aliphatic rings. The Kier molecular flexibility index (Phi) is 4.29.